The summed E-state index contributed by atoms with van der Waals surface area (Å²) in [6.45, 7) is 1.74. The first-order valence-electron chi connectivity index (χ1n) is 3.45. The molecule has 0 bridgehead atoms. The molecule has 0 aromatic heterocycles. The van der Waals surface area contributed by atoms with Gasteiger partial charge in [-0.1, -0.05) is 22.0 Å². The van der Waals surface area contributed by atoms with E-state index in [4.69, 9.17) is 0 Å². The van der Waals surface area contributed by atoms with Crippen molar-refractivity contribution in [3.05, 3.63) is 39.4 Å². The van der Waals surface area contributed by atoms with E-state index in [9.17, 15) is 10.1 Å². The molecule has 64 valence electrons. The smallest absolute Gasteiger partial charge is 0.258 e. The average molecular weight is 230 g/mol. The van der Waals surface area contributed by atoms with Gasteiger partial charge in [0.2, 0.25) is 0 Å². The van der Waals surface area contributed by atoms with E-state index in [-0.39, 0.29) is 10.6 Å². The number of hydrogen-bond donors (Lipinski definition) is 0. The Kier molecular flexibility index (Phi) is 2.81. The molecule has 0 N–H and O–H groups in total. The van der Waals surface area contributed by atoms with Crippen molar-refractivity contribution in [1.82, 2.24) is 0 Å². The Morgan fingerprint density at radius 1 is 1.58 bits per heavy atom. The normalized spacial score (nSPS) is 9.83. The number of nitrogens with zero attached hydrogens (tertiary/aromatic N) is 1. The number of hydrogen-bond acceptors (Lipinski definition) is 2. The fourth-order valence-electron chi connectivity index (χ4n) is 1.01. The van der Waals surface area contributed by atoms with Crippen LogP contribution in [0.4, 0.5) is 5.69 Å². The van der Waals surface area contributed by atoms with E-state index in [0.29, 0.717) is 5.56 Å². The van der Waals surface area contributed by atoms with Crippen LogP contribution in [0.15, 0.2) is 18.2 Å². The van der Waals surface area contributed by atoms with Gasteiger partial charge >= 0.3 is 0 Å². The third-order valence-electron chi connectivity index (χ3n) is 1.61. The number of nitro groups is 1. The van der Waals surface area contributed by atoms with Gasteiger partial charge < -0.3 is 0 Å². The van der Waals surface area contributed by atoms with Gasteiger partial charge in [-0.15, -0.1) is 0 Å². The maximum absolute atomic E-state index is 10.4. The molecule has 0 aliphatic carbocycles. The van der Waals surface area contributed by atoms with E-state index < -0.39 is 0 Å². The Balaban J connectivity index is 3.12. The molecule has 12 heavy (non-hydrogen) atoms. The van der Waals surface area contributed by atoms with Gasteiger partial charge in [0.1, 0.15) is 0 Å². The Morgan fingerprint density at radius 2 is 2.25 bits per heavy atom. The Morgan fingerprint density at radius 3 is 2.67 bits per heavy atom. The van der Waals surface area contributed by atoms with Gasteiger partial charge in [0.15, 0.2) is 0 Å². The molecule has 0 fully saturated rings. The molecule has 1 aromatic rings. The summed E-state index contributed by atoms with van der Waals surface area (Å²) in [6, 6.07) is 5.10. The van der Waals surface area contributed by atoms with Crippen LogP contribution < -0.4 is 0 Å². The van der Waals surface area contributed by atoms with Crippen molar-refractivity contribution < 1.29 is 4.92 Å². The molecular weight excluding hydrogens is 222 g/mol. The first-order chi connectivity index (χ1) is 5.65. The highest BCUT2D eigenvalue weighted by molar-refractivity contribution is 9.08. The maximum atomic E-state index is 10.4. The topological polar surface area (TPSA) is 43.1 Å². The highest BCUT2D eigenvalue weighted by atomic mass is 79.9. The van der Waals surface area contributed by atoms with Crippen molar-refractivity contribution in [2.24, 2.45) is 0 Å². The number of halogens is 1. The number of alkyl halides is 1. The molecule has 0 spiro atoms. The van der Waals surface area contributed by atoms with Crippen LogP contribution in [-0.4, -0.2) is 4.92 Å². The van der Waals surface area contributed by atoms with Crippen LogP contribution in [0, 0.1) is 17.0 Å². The van der Waals surface area contributed by atoms with Gasteiger partial charge in [-0.25, -0.2) is 0 Å². The molecule has 0 aliphatic heterocycles. The number of nitro benzene ring substituents is 1. The largest absolute Gasteiger partial charge is 0.272 e. The molecule has 1 aromatic carbocycles. The lowest BCUT2D eigenvalue weighted by Crippen LogP contribution is -1.92. The summed E-state index contributed by atoms with van der Waals surface area (Å²) >= 11 is 3.28. The lowest BCUT2D eigenvalue weighted by molar-refractivity contribution is -0.385. The Hall–Kier alpha value is -0.900. The number of aryl methyl sites for hydroxylation is 1. The summed E-state index contributed by atoms with van der Waals surface area (Å²) < 4.78 is 0. The summed E-state index contributed by atoms with van der Waals surface area (Å²) in [7, 11) is 0. The van der Waals surface area contributed by atoms with Gasteiger partial charge in [-0.2, -0.15) is 0 Å². The molecule has 3 nitrogen and oxygen atoms in total. The first-order valence-corrected chi connectivity index (χ1v) is 4.57. The highest BCUT2D eigenvalue weighted by Crippen LogP contribution is 2.19. The summed E-state index contributed by atoms with van der Waals surface area (Å²) in [5.41, 5.74) is 1.94. The second kappa shape index (κ2) is 3.67. The lowest BCUT2D eigenvalue weighted by atomic mass is 10.1. The summed E-state index contributed by atoms with van der Waals surface area (Å²) in [5, 5.41) is 11.1. The minimum Gasteiger partial charge on any atom is -0.258 e. The van der Waals surface area contributed by atoms with Crippen LogP contribution in [0.5, 0.6) is 0 Å². The lowest BCUT2D eigenvalue weighted by Gasteiger charge is -1.98. The second-order valence-electron chi connectivity index (χ2n) is 2.51. The van der Waals surface area contributed by atoms with Crippen LogP contribution >= 0.6 is 15.9 Å². The van der Waals surface area contributed by atoms with E-state index in [1.165, 1.54) is 6.07 Å². The molecule has 0 unspecified atom stereocenters. The van der Waals surface area contributed by atoms with Crippen molar-refractivity contribution in [3.63, 3.8) is 0 Å². The fraction of sp³-hybridized carbons (Fsp3) is 0.250. The van der Waals surface area contributed by atoms with E-state index in [0.717, 1.165) is 10.9 Å². The predicted molar refractivity (Wildman–Crippen MR) is 50.5 cm³/mol. The van der Waals surface area contributed by atoms with Crippen molar-refractivity contribution in [2.45, 2.75) is 12.3 Å². The molecule has 0 radical (unpaired) electrons. The van der Waals surface area contributed by atoms with Gasteiger partial charge in [-0.3, -0.25) is 10.1 Å². The highest BCUT2D eigenvalue weighted by Gasteiger charge is 2.08. The molecule has 0 atom stereocenters. The summed E-state index contributed by atoms with van der Waals surface area (Å²) in [4.78, 5) is 10.0. The fourth-order valence-corrected chi connectivity index (χ4v) is 1.35. The van der Waals surface area contributed by atoms with Crippen LogP contribution in [0.3, 0.4) is 0 Å². The number of benzene rings is 1. The molecule has 0 amide bonds. The van der Waals surface area contributed by atoms with E-state index >= 15 is 0 Å². The monoisotopic (exact) mass is 229 g/mol. The van der Waals surface area contributed by atoms with Gasteiger partial charge in [-0.05, 0) is 18.6 Å². The molecule has 0 aliphatic rings. The molecule has 0 heterocycles. The van der Waals surface area contributed by atoms with Crippen LogP contribution in [0.1, 0.15) is 11.1 Å². The van der Waals surface area contributed by atoms with E-state index in [1.807, 2.05) is 6.07 Å². The molecular formula is C8H8BrNO2. The third kappa shape index (κ3) is 1.82. The van der Waals surface area contributed by atoms with Crippen molar-refractivity contribution in [3.8, 4) is 0 Å². The van der Waals surface area contributed by atoms with Gasteiger partial charge in [0.25, 0.3) is 5.69 Å². The molecule has 1 rings (SSSR count). The quantitative estimate of drug-likeness (QED) is 0.445. The Bertz CT molecular complexity index is 312. The zero-order chi connectivity index (χ0) is 9.14. The minimum absolute atomic E-state index is 0.180. The summed E-state index contributed by atoms with van der Waals surface area (Å²) in [6.07, 6.45) is 0. The second-order valence-corrected chi connectivity index (χ2v) is 3.07. The van der Waals surface area contributed by atoms with Gasteiger partial charge in [0, 0.05) is 17.0 Å². The van der Waals surface area contributed by atoms with E-state index in [2.05, 4.69) is 15.9 Å². The van der Waals surface area contributed by atoms with Crippen LogP contribution in [0.2, 0.25) is 0 Å². The van der Waals surface area contributed by atoms with Crippen LogP contribution in [0.25, 0.3) is 0 Å². The van der Waals surface area contributed by atoms with Crippen LogP contribution in [-0.2, 0) is 5.33 Å². The van der Waals surface area contributed by atoms with Crippen molar-refractivity contribution >= 4 is 21.6 Å². The summed E-state index contributed by atoms with van der Waals surface area (Å²) in [5.74, 6) is 0. The SMILES string of the molecule is Cc1cc(CBr)ccc1[N+](=O)[O-]. The average Bonchev–Trinajstić information content (AvgIpc) is 2.03. The van der Waals surface area contributed by atoms with Crippen molar-refractivity contribution in [1.29, 1.82) is 0 Å². The Labute approximate surface area is 78.7 Å². The molecule has 0 saturated heterocycles. The van der Waals surface area contributed by atoms with E-state index in [1.54, 1.807) is 13.0 Å². The third-order valence-corrected chi connectivity index (χ3v) is 2.26. The van der Waals surface area contributed by atoms with Gasteiger partial charge in [0.05, 0.1) is 4.92 Å². The zero-order valence-electron chi connectivity index (χ0n) is 6.58. The van der Waals surface area contributed by atoms with Crippen molar-refractivity contribution in [2.75, 3.05) is 0 Å². The minimum atomic E-state index is -0.368. The zero-order valence-corrected chi connectivity index (χ0v) is 8.17. The maximum Gasteiger partial charge on any atom is 0.272 e. The predicted octanol–water partition coefficient (Wildman–Crippen LogP) is 2.80. The molecule has 4 heteroatoms. The molecule has 0 saturated carbocycles. The standard InChI is InChI=1S/C8H8BrNO2/c1-6-4-7(5-9)2-3-8(6)10(11)12/h2-4H,5H2,1H3. The number of rotatable bonds is 2. The first kappa shape index (κ1) is 9.19.